The smallest absolute Gasteiger partial charge is 0.335 e. The van der Waals surface area contributed by atoms with E-state index in [1.807, 2.05) is 50.4 Å². The molecule has 1 N–H and O–H groups in total. The highest BCUT2D eigenvalue weighted by Gasteiger charge is 2.24. The monoisotopic (exact) mass is 534 g/mol. The van der Waals surface area contributed by atoms with Crippen molar-refractivity contribution in [3.63, 3.8) is 0 Å². The largest absolute Gasteiger partial charge is 0.489 e. The lowest BCUT2D eigenvalue weighted by Crippen LogP contribution is -2.02. The fourth-order valence-corrected chi connectivity index (χ4v) is 4.97. The molecular formula is C29H24Cl2N2O4. The predicted molar refractivity (Wildman–Crippen MR) is 145 cm³/mol. The van der Waals surface area contributed by atoms with Gasteiger partial charge in [0.15, 0.2) is 0 Å². The molecule has 0 aliphatic rings. The first kappa shape index (κ1) is 24.9. The summed E-state index contributed by atoms with van der Waals surface area (Å²) >= 11 is 12.9. The molecule has 8 heteroatoms. The van der Waals surface area contributed by atoms with Crippen molar-refractivity contribution in [3.8, 4) is 17.0 Å². The summed E-state index contributed by atoms with van der Waals surface area (Å²) in [7, 11) is 0. The fraction of sp³-hybridized carbons (Fsp3) is 0.172. The Labute approximate surface area is 224 Å². The molecular weight excluding hydrogens is 511 g/mol. The number of carboxylic acids is 1. The van der Waals surface area contributed by atoms with E-state index in [-0.39, 0.29) is 18.1 Å². The van der Waals surface area contributed by atoms with Crippen LogP contribution in [-0.2, 0) is 13.2 Å². The van der Waals surface area contributed by atoms with E-state index in [1.165, 1.54) is 0 Å². The van der Waals surface area contributed by atoms with Gasteiger partial charge in [0, 0.05) is 35.1 Å². The molecule has 0 saturated heterocycles. The summed E-state index contributed by atoms with van der Waals surface area (Å²) in [5.74, 6) is 0.582. The predicted octanol–water partition coefficient (Wildman–Crippen LogP) is 8.05. The van der Waals surface area contributed by atoms with Gasteiger partial charge < -0.3 is 18.9 Å². The van der Waals surface area contributed by atoms with E-state index >= 15 is 0 Å². The number of aromatic nitrogens is 2. The Hall–Kier alpha value is -3.74. The lowest BCUT2D eigenvalue weighted by molar-refractivity contribution is 0.0696. The molecule has 37 heavy (non-hydrogen) atoms. The van der Waals surface area contributed by atoms with Gasteiger partial charge in [-0.1, -0.05) is 60.4 Å². The number of carboxylic acid groups (broad SMARTS) is 1. The van der Waals surface area contributed by atoms with Gasteiger partial charge in [-0.05, 0) is 54.1 Å². The minimum absolute atomic E-state index is 0.0947. The van der Waals surface area contributed by atoms with Crippen LogP contribution in [0.15, 0.2) is 77.4 Å². The third kappa shape index (κ3) is 5.08. The van der Waals surface area contributed by atoms with E-state index in [0.29, 0.717) is 33.6 Å². The molecule has 0 radical (unpaired) electrons. The lowest BCUT2D eigenvalue weighted by atomic mass is 10.0. The quantitative estimate of drug-likeness (QED) is 0.218. The molecule has 2 heterocycles. The number of aromatic carboxylic acids is 1. The van der Waals surface area contributed by atoms with Gasteiger partial charge in [0.25, 0.3) is 0 Å². The number of ether oxygens (including phenoxy) is 1. The first-order valence-corrected chi connectivity index (χ1v) is 12.5. The Kier molecular flexibility index (Phi) is 6.96. The molecule has 188 valence electrons. The zero-order valence-corrected chi connectivity index (χ0v) is 21.8. The summed E-state index contributed by atoms with van der Waals surface area (Å²) in [4.78, 5) is 11.3. The third-order valence-electron chi connectivity index (χ3n) is 6.19. The Bertz CT molecular complexity index is 1580. The van der Waals surface area contributed by atoms with E-state index < -0.39 is 5.97 Å². The molecule has 0 unspecified atom stereocenters. The Balaban J connectivity index is 1.40. The van der Waals surface area contributed by atoms with Gasteiger partial charge >= 0.3 is 5.97 Å². The maximum absolute atomic E-state index is 11.3. The summed E-state index contributed by atoms with van der Waals surface area (Å²) < 4.78 is 14.0. The van der Waals surface area contributed by atoms with Crippen LogP contribution in [0.5, 0.6) is 5.75 Å². The molecule has 5 aromatic rings. The first-order chi connectivity index (χ1) is 17.8. The second-order valence-corrected chi connectivity index (χ2v) is 9.90. The van der Waals surface area contributed by atoms with E-state index in [9.17, 15) is 9.90 Å². The van der Waals surface area contributed by atoms with Gasteiger partial charge in [-0.15, -0.1) is 0 Å². The van der Waals surface area contributed by atoms with Gasteiger partial charge in [0.1, 0.15) is 23.8 Å². The normalized spacial score (nSPS) is 11.4. The molecule has 0 saturated carbocycles. The summed E-state index contributed by atoms with van der Waals surface area (Å²) in [5.41, 5.74) is 4.22. The van der Waals surface area contributed by atoms with Crippen LogP contribution in [0, 0.1) is 0 Å². The number of nitrogens with zero attached hydrogens (tertiary/aromatic N) is 2. The first-order valence-electron chi connectivity index (χ1n) is 11.8. The zero-order chi connectivity index (χ0) is 26.1. The molecule has 0 bridgehead atoms. The Morgan fingerprint density at radius 1 is 1.05 bits per heavy atom. The molecule has 0 fully saturated rings. The van der Waals surface area contributed by atoms with Crippen LogP contribution in [0.4, 0.5) is 0 Å². The van der Waals surface area contributed by atoms with E-state index in [2.05, 4.69) is 9.72 Å². The van der Waals surface area contributed by atoms with Crippen molar-refractivity contribution in [2.75, 3.05) is 0 Å². The molecule has 3 aromatic carbocycles. The van der Waals surface area contributed by atoms with Crippen molar-refractivity contribution >= 4 is 40.1 Å². The number of rotatable bonds is 8. The van der Waals surface area contributed by atoms with Crippen molar-refractivity contribution in [3.05, 3.63) is 105 Å². The van der Waals surface area contributed by atoms with E-state index in [0.717, 1.165) is 27.8 Å². The molecule has 0 atom stereocenters. The summed E-state index contributed by atoms with van der Waals surface area (Å²) in [6, 6.07) is 20.2. The van der Waals surface area contributed by atoms with E-state index in [4.69, 9.17) is 32.5 Å². The van der Waals surface area contributed by atoms with Crippen molar-refractivity contribution in [2.45, 2.75) is 32.9 Å². The standard InChI is InChI=1S/C29H24Cl2N2O4/c1-17(2)28-22(27(32-37-28)26-23(30)7-4-8-24(26)31)16-36-21-9-10-25-19(14-21)11-12-33(25)15-18-5-3-6-20(13-18)29(34)35/h3-14,17H,15-16H2,1-2H3,(H,34,35). The number of halogens is 2. The maximum Gasteiger partial charge on any atom is 0.335 e. The molecule has 0 amide bonds. The number of fused-ring (bicyclic) bond motifs is 1. The van der Waals surface area contributed by atoms with Crippen LogP contribution >= 0.6 is 23.2 Å². The minimum atomic E-state index is -0.936. The van der Waals surface area contributed by atoms with E-state index in [1.54, 1.807) is 36.4 Å². The lowest BCUT2D eigenvalue weighted by Gasteiger charge is -2.11. The van der Waals surface area contributed by atoms with Crippen molar-refractivity contribution in [1.82, 2.24) is 9.72 Å². The average molecular weight is 535 g/mol. The van der Waals surface area contributed by atoms with Crippen molar-refractivity contribution in [1.29, 1.82) is 0 Å². The SMILES string of the molecule is CC(C)c1onc(-c2c(Cl)cccc2Cl)c1COc1ccc2c(ccn2Cc2cccc(C(=O)O)c2)c1. The molecule has 0 aliphatic carbocycles. The second-order valence-electron chi connectivity index (χ2n) is 9.08. The molecule has 6 nitrogen and oxygen atoms in total. The summed E-state index contributed by atoms with van der Waals surface area (Å²) in [5, 5.41) is 15.6. The van der Waals surface area contributed by atoms with Crippen molar-refractivity contribution < 1.29 is 19.2 Å². The topological polar surface area (TPSA) is 77.5 Å². The van der Waals surface area contributed by atoms with Crippen molar-refractivity contribution in [2.24, 2.45) is 0 Å². The molecule has 0 aliphatic heterocycles. The Morgan fingerprint density at radius 3 is 2.54 bits per heavy atom. The summed E-state index contributed by atoms with van der Waals surface area (Å²) in [6.45, 7) is 4.86. The minimum Gasteiger partial charge on any atom is -0.489 e. The van der Waals surface area contributed by atoms with Crippen LogP contribution in [0.3, 0.4) is 0 Å². The number of hydrogen-bond acceptors (Lipinski definition) is 4. The maximum atomic E-state index is 11.3. The number of benzene rings is 3. The van der Waals surface area contributed by atoms with Gasteiger partial charge in [-0.25, -0.2) is 4.79 Å². The highest BCUT2D eigenvalue weighted by atomic mass is 35.5. The highest BCUT2D eigenvalue weighted by Crippen LogP contribution is 2.39. The Morgan fingerprint density at radius 2 is 1.81 bits per heavy atom. The fourth-order valence-electron chi connectivity index (χ4n) is 4.40. The average Bonchev–Trinajstić information content (AvgIpc) is 3.47. The zero-order valence-electron chi connectivity index (χ0n) is 20.2. The second kappa shape index (κ2) is 10.3. The summed E-state index contributed by atoms with van der Waals surface area (Å²) in [6.07, 6.45) is 1.98. The van der Waals surface area contributed by atoms with Gasteiger partial charge in [0.05, 0.1) is 21.2 Å². The van der Waals surface area contributed by atoms with Gasteiger partial charge in [-0.3, -0.25) is 0 Å². The van der Waals surface area contributed by atoms with Gasteiger partial charge in [-0.2, -0.15) is 0 Å². The third-order valence-corrected chi connectivity index (χ3v) is 6.82. The van der Waals surface area contributed by atoms with Crippen LogP contribution < -0.4 is 4.74 Å². The molecule has 5 rings (SSSR count). The number of hydrogen-bond donors (Lipinski definition) is 1. The molecule has 2 aromatic heterocycles. The van der Waals surface area contributed by atoms with Crippen LogP contribution in [0.1, 0.15) is 47.0 Å². The van der Waals surface area contributed by atoms with Crippen LogP contribution in [0.2, 0.25) is 10.0 Å². The van der Waals surface area contributed by atoms with Crippen LogP contribution in [-0.4, -0.2) is 20.8 Å². The van der Waals surface area contributed by atoms with Gasteiger partial charge in [0.2, 0.25) is 0 Å². The highest BCUT2D eigenvalue weighted by molar-refractivity contribution is 6.39. The van der Waals surface area contributed by atoms with Crippen LogP contribution in [0.25, 0.3) is 22.2 Å². The molecule has 0 spiro atoms. The number of carbonyl (C=O) groups is 1.